The fourth-order valence-corrected chi connectivity index (χ4v) is 8.83. The SMILES string of the molecule is CC/C=C\C/C=C\C/C=C\C/C=C\CCCCCCCCC(=O)OC(COC(=O)CCCCCCC/C=C\CCCCCC)COP(=O)(O)OCC(CO)OC(=O)CCCCCCC/C=C\CCCCCCCC. The van der Waals surface area contributed by atoms with E-state index in [1.165, 1.54) is 64.2 Å². The Hall–Kier alpha value is -3.08. The number of carbonyl (C=O) groups excluding carboxylic acids is 3. The second-order valence-corrected chi connectivity index (χ2v) is 21.2. The zero-order valence-corrected chi connectivity index (χ0v) is 48.2. The number of ether oxygens (including phenoxy) is 3. The molecule has 0 fully saturated rings. The second kappa shape index (κ2) is 56.1. The molecule has 0 heterocycles. The Morgan fingerprint density at radius 1 is 0.392 bits per heavy atom. The molecule has 428 valence electrons. The van der Waals surface area contributed by atoms with Gasteiger partial charge in [-0.3, -0.25) is 23.4 Å². The molecule has 12 heteroatoms. The van der Waals surface area contributed by atoms with Crippen LogP contribution in [0.4, 0.5) is 0 Å². The maximum absolute atomic E-state index is 12.9. The summed E-state index contributed by atoms with van der Waals surface area (Å²) in [5, 5.41) is 9.82. The van der Waals surface area contributed by atoms with Gasteiger partial charge in [0.05, 0.1) is 19.8 Å². The molecular formula is C62H109O11P. The van der Waals surface area contributed by atoms with Gasteiger partial charge in [0.1, 0.15) is 12.7 Å². The minimum atomic E-state index is -4.76. The van der Waals surface area contributed by atoms with Gasteiger partial charge in [-0.05, 0) is 109 Å². The number of aliphatic hydroxyl groups is 1. The molecule has 0 aromatic carbocycles. The molecule has 0 amide bonds. The third-order valence-corrected chi connectivity index (χ3v) is 13.5. The third-order valence-electron chi connectivity index (χ3n) is 12.6. The van der Waals surface area contributed by atoms with Gasteiger partial charge in [-0.15, -0.1) is 0 Å². The Bertz CT molecular complexity index is 1520. The van der Waals surface area contributed by atoms with Crippen LogP contribution in [0.1, 0.15) is 265 Å². The van der Waals surface area contributed by atoms with Gasteiger partial charge >= 0.3 is 25.7 Å². The highest BCUT2D eigenvalue weighted by Gasteiger charge is 2.28. The number of phosphoric ester groups is 1. The van der Waals surface area contributed by atoms with Crippen molar-refractivity contribution >= 4 is 25.7 Å². The van der Waals surface area contributed by atoms with Crippen LogP contribution in [-0.2, 0) is 42.2 Å². The van der Waals surface area contributed by atoms with Gasteiger partial charge in [-0.1, -0.05) is 209 Å². The van der Waals surface area contributed by atoms with E-state index in [4.69, 9.17) is 23.3 Å². The van der Waals surface area contributed by atoms with Gasteiger partial charge in [0.15, 0.2) is 6.10 Å². The maximum atomic E-state index is 12.9. The molecule has 74 heavy (non-hydrogen) atoms. The highest BCUT2D eigenvalue weighted by atomic mass is 31.2. The summed E-state index contributed by atoms with van der Waals surface area (Å²) in [5.41, 5.74) is 0. The van der Waals surface area contributed by atoms with Crippen molar-refractivity contribution in [2.75, 3.05) is 26.4 Å². The van der Waals surface area contributed by atoms with Crippen LogP contribution in [0, 0.1) is 0 Å². The molecule has 0 aliphatic carbocycles. The second-order valence-electron chi connectivity index (χ2n) is 19.8. The molecule has 0 aromatic heterocycles. The molecule has 0 saturated heterocycles. The Morgan fingerprint density at radius 2 is 0.703 bits per heavy atom. The van der Waals surface area contributed by atoms with E-state index in [0.717, 1.165) is 141 Å². The number of hydrogen-bond donors (Lipinski definition) is 2. The Labute approximate surface area is 452 Å². The average molecular weight is 1060 g/mol. The first-order valence-corrected chi connectivity index (χ1v) is 31.3. The first-order chi connectivity index (χ1) is 36.2. The number of aliphatic hydroxyl groups excluding tert-OH is 1. The number of esters is 3. The van der Waals surface area contributed by atoms with Gasteiger partial charge in [-0.25, -0.2) is 4.57 Å². The minimum absolute atomic E-state index is 0.148. The van der Waals surface area contributed by atoms with Gasteiger partial charge < -0.3 is 24.2 Å². The number of allylic oxidation sites excluding steroid dienone is 12. The van der Waals surface area contributed by atoms with Crippen molar-refractivity contribution in [3.63, 3.8) is 0 Å². The van der Waals surface area contributed by atoms with Crippen molar-refractivity contribution in [1.29, 1.82) is 0 Å². The molecule has 0 radical (unpaired) electrons. The summed E-state index contributed by atoms with van der Waals surface area (Å²) in [5.74, 6) is -1.49. The molecule has 11 nitrogen and oxygen atoms in total. The first-order valence-electron chi connectivity index (χ1n) is 29.8. The summed E-state index contributed by atoms with van der Waals surface area (Å²) >= 11 is 0. The van der Waals surface area contributed by atoms with Crippen LogP contribution in [0.2, 0.25) is 0 Å². The number of rotatable bonds is 55. The largest absolute Gasteiger partial charge is 0.472 e. The van der Waals surface area contributed by atoms with Crippen LogP contribution < -0.4 is 0 Å². The quantitative estimate of drug-likeness (QED) is 0.0197. The Balaban J connectivity index is 4.74. The van der Waals surface area contributed by atoms with E-state index in [2.05, 4.69) is 93.7 Å². The molecule has 0 rings (SSSR count). The minimum Gasteiger partial charge on any atom is -0.462 e. The third kappa shape index (κ3) is 53.7. The lowest BCUT2D eigenvalue weighted by atomic mass is 10.1. The number of phosphoric acid groups is 1. The normalized spacial score (nSPS) is 13.9. The molecule has 0 bridgehead atoms. The van der Waals surface area contributed by atoms with E-state index >= 15 is 0 Å². The average Bonchev–Trinajstić information content (AvgIpc) is 3.39. The summed E-state index contributed by atoms with van der Waals surface area (Å²) in [6.07, 6.45) is 62.8. The Morgan fingerprint density at radius 3 is 1.11 bits per heavy atom. The van der Waals surface area contributed by atoms with E-state index in [-0.39, 0.29) is 25.9 Å². The van der Waals surface area contributed by atoms with Crippen molar-refractivity contribution in [1.82, 2.24) is 0 Å². The monoisotopic (exact) mass is 1060 g/mol. The van der Waals surface area contributed by atoms with Crippen LogP contribution in [0.25, 0.3) is 0 Å². The summed E-state index contributed by atoms with van der Waals surface area (Å²) in [4.78, 5) is 48.6. The van der Waals surface area contributed by atoms with E-state index in [0.29, 0.717) is 19.3 Å². The molecule has 0 saturated carbocycles. The highest BCUT2D eigenvalue weighted by molar-refractivity contribution is 7.47. The smallest absolute Gasteiger partial charge is 0.462 e. The van der Waals surface area contributed by atoms with Crippen LogP contribution in [0.5, 0.6) is 0 Å². The standard InChI is InChI=1S/C62H109O11P/c1-4-7-10-13-16-19-22-25-27-28-29-30-32-35-38-41-44-47-50-53-62(66)73-59(55-69-60(64)51-48-45-42-39-36-33-24-21-18-15-12-9-6-3)57-71-74(67,68)70-56-58(54-63)72-61(65)52-49-46-43-40-37-34-31-26-23-20-17-14-11-8-5-2/h7,10,16,19,21,24-27,29-31,58-59,63H,4-6,8-9,11-15,17-18,20,22-23,28,32-57H2,1-3H3,(H,67,68)/b10-7-,19-16-,24-21-,27-25-,30-29-,31-26-. The first kappa shape index (κ1) is 70.9. The highest BCUT2D eigenvalue weighted by Crippen LogP contribution is 2.43. The van der Waals surface area contributed by atoms with E-state index < -0.39 is 57.8 Å². The summed E-state index contributed by atoms with van der Waals surface area (Å²) < 4.78 is 39.5. The number of carbonyl (C=O) groups is 3. The van der Waals surface area contributed by atoms with Crippen LogP contribution in [0.15, 0.2) is 72.9 Å². The number of unbranched alkanes of at least 4 members (excludes halogenated alkanes) is 26. The summed E-state index contributed by atoms with van der Waals surface area (Å²) in [6.45, 7) is 4.49. The van der Waals surface area contributed by atoms with Crippen molar-refractivity contribution < 1.29 is 52.2 Å². The fourth-order valence-electron chi connectivity index (χ4n) is 8.04. The van der Waals surface area contributed by atoms with Crippen molar-refractivity contribution in [2.45, 2.75) is 277 Å². The summed E-state index contributed by atoms with van der Waals surface area (Å²) in [7, 11) is -4.76. The van der Waals surface area contributed by atoms with Crippen LogP contribution in [0.3, 0.4) is 0 Å². The molecule has 3 atom stereocenters. The van der Waals surface area contributed by atoms with Crippen LogP contribution >= 0.6 is 7.82 Å². The topological polar surface area (TPSA) is 155 Å². The maximum Gasteiger partial charge on any atom is 0.472 e. The number of hydrogen-bond acceptors (Lipinski definition) is 10. The molecule has 0 spiro atoms. The molecule has 2 N–H and O–H groups in total. The molecule has 0 aliphatic heterocycles. The predicted octanol–water partition coefficient (Wildman–Crippen LogP) is 17.7. The Kier molecular flexibility index (Phi) is 53.8. The molecule has 3 unspecified atom stereocenters. The molecule has 0 aromatic rings. The zero-order chi connectivity index (χ0) is 54.1. The van der Waals surface area contributed by atoms with Gasteiger partial charge in [0, 0.05) is 19.3 Å². The lowest BCUT2D eigenvalue weighted by Crippen LogP contribution is -2.30. The van der Waals surface area contributed by atoms with Crippen molar-refractivity contribution in [2.24, 2.45) is 0 Å². The van der Waals surface area contributed by atoms with Crippen molar-refractivity contribution in [3.05, 3.63) is 72.9 Å². The molecule has 0 aliphatic rings. The van der Waals surface area contributed by atoms with Crippen molar-refractivity contribution in [3.8, 4) is 0 Å². The van der Waals surface area contributed by atoms with Gasteiger partial charge in [0.2, 0.25) is 0 Å². The van der Waals surface area contributed by atoms with Gasteiger partial charge in [0.25, 0.3) is 0 Å². The fraction of sp³-hybridized carbons (Fsp3) is 0.758. The van der Waals surface area contributed by atoms with E-state index in [9.17, 15) is 28.9 Å². The summed E-state index contributed by atoms with van der Waals surface area (Å²) in [6, 6.07) is 0. The zero-order valence-electron chi connectivity index (χ0n) is 47.3. The van der Waals surface area contributed by atoms with Gasteiger partial charge in [-0.2, -0.15) is 0 Å². The van der Waals surface area contributed by atoms with E-state index in [1.807, 2.05) is 0 Å². The lowest BCUT2D eigenvalue weighted by Gasteiger charge is -2.21. The van der Waals surface area contributed by atoms with Crippen LogP contribution in [-0.4, -0.2) is 66.5 Å². The lowest BCUT2D eigenvalue weighted by molar-refractivity contribution is -0.161. The van der Waals surface area contributed by atoms with E-state index in [1.54, 1.807) is 0 Å². The molecular weight excluding hydrogens is 952 g/mol. The predicted molar refractivity (Wildman–Crippen MR) is 307 cm³/mol.